The summed E-state index contributed by atoms with van der Waals surface area (Å²) in [5.41, 5.74) is 1.10. The van der Waals surface area contributed by atoms with E-state index in [1.807, 2.05) is 18.2 Å². The molecular weight excluding hydrogens is 360 g/mol. The summed E-state index contributed by atoms with van der Waals surface area (Å²) in [6.45, 7) is 1.72. The van der Waals surface area contributed by atoms with E-state index in [1.165, 1.54) is 12.3 Å². The molecule has 6 nitrogen and oxygen atoms in total. The van der Waals surface area contributed by atoms with E-state index >= 15 is 0 Å². The number of rotatable bonds is 4. The molecule has 3 rings (SSSR count). The van der Waals surface area contributed by atoms with Crippen LogP contribution in [0.1, 0.15) is 12.8 Å². The average molecular weight is 377 g/mol. The first-order valence-corrected chi connectivity index (χ1v) is 8.29. The van der Waals surface area contributed by atoms with Gasteiger partial charge in [-0.3, -0.25) is 10.1 Å². The van der Waals surface area contributed by atoms with Crippen molar-refractivity contribution in [2.24, 2.45) is 0 Å². The largest absolute Gasteiger partial charge is 0.381 e. The summed E-state index contributed by atoms with van der Waals surface area (Å²) in [7, 11) is 0. The number of halogens is 1. The van der Waals surface area contributed by atoms with Crippen molar-refractivity contribution in [2.75, 3.05) is 23.3 Å². The smallest absolute Gasteiger partial charge is 0.288 e. The van der Waals surface area contributed by atoms with Crippen LogP contribution in [0.25, 0.3) is 0 Å². The molecular formula is C16H17BrN4O2. The highest BCUT2D eigenvalue weighted by atomic mass is 79.9. The minimum absolute atomic E-state index is 0.00315. The minimum Gasteiger partial charge on any atom is -0.381 e. The molecule has 1 aromatic heterocycles. The van der Waals surface area contributed by atoms with Crippen LogP contribution < -0.4 is 10.2 Å². The van der Waals surface area contributed by atoms with Crippen molar-refractivity contribution in [3.63, 3.8) is 0 Å². The molecule has 0 saturated carbocycles. The van der Waals surface area contributed by atoms with Gasteiger partial charge in [-0.05, 0) is 40.9 Å². The Morgan fingerprint density at radius 1 is 1.35 bits per heavy atom. The molecule has 0 aliphatic carbocycles. The van der Waals surface area contributed by atoms with E-state index in [0.717, 1.165) is 37.4 Å². The Labute approximate surface area is 142 Å². The second kappa shape index (κ2) is 6.95. The van der Waals surface area contributed by atoms with Gasteiger partial charge in [-0.2, -0.15) is 0 Å². The summed E-state index contributed by atoms with van der Waals surface area (Å²) in [6, 6.07) is 12.0. The quantitative estimate of drug-likeness (QED) is 0.648. The van der Waals surface area contributed by atoms with Crippen LogP contribution in [0.15, 0.2) is 47.1 Å². The Kier molecular flexibility index (Phi) is 4.76. The Morgan fingerprint density at radius 3 is 2.83 bits per heavy atom. The molecule has 0 bridgehead atoms. The number of aromatic nitrogens is 1. The van der Waals surface area contributed by atoms with E-state index in [-0.39, 0.29) is 5.69 Å². The van der Waals surface area contributed by atoms with Crippen LogP contribution in [0.2, 0.25) is 0 Å². The molecule has 1 aliphatic heterocycles. The third-order valence-corrected chi connectivity index (χ3v) is 4.47. The zero-order chi connectivity index (χ0) is 16.2. The fourth-order valence-electron chi connectivity index (χ4n) is 2.81. The van der Waals surface area contributed by atoms with Gasteiger partial charge >= 0.3 is 0 Å². The van der Waals surface area contributed by atoms with E-state index in [9.17, 15) is 10.1 Å². The van der Waals surface area contributed by atoms with Gasteiger partial charge in [-0.25, -0.2) is 4.98 Å². The predicted molar refractivity (Wildman–Crippen MR) is 93.9 cm³/mol. The fraction of sp³-hybridized carbons (Fsp3) is 0.312. The van der Waals surface area contributed by atoms with Gasteiger partial charge in [-0.15, -0.1) is 0 Å². The van der Waals surface area contributed by atoms with Crippen molar-refractivity contribution in [1.82, 2.24) is 4.98 Å². The van der Waals surface area contributed by atoms with E-state index in [2.05, 4.69) is 43.3 Å². The highest BCUT2D eigenvalue weighted by molar-refractivity contribution is 9.10. The van der Waals surface area contributed by atoms with Gasteiger partial charge in [0, 0.05) is 30.9 Å². The number of anilines is 2. The van der Waals surface area contributed by atoms with Crippen molar-refractivity contribution in [3.05, 3.63) is 57.2 Å². The van der Waals surface area contributed by atoms with Crippen LogP contribution in [0.3, 0.4) is 0 Å². The molecule has 1 atom stereocenters. The number of nitrogens with one attached hydrogen (secondary N) is 1. The fourth-order valence-corrected chi connectivity index (χ4v) is 3.40. The van der Waals surface area contributed by atoms with Crippen LogP contribution >= 0.6 is 15.9 Å². The number of hydrogen-bond donors (Lipinski definition) is 1. The lowest BCUT2D eigenvalue weighted by Gasteiger charge is -2.34. The van der Waals surface area contributed by atoms with Gasteiger partial charge in [0.15, 0.2) is 0 Å². The second-order valence-corrected chi connectivity index (χ2v) is 6.41. The maximum atomic E-state index is 10.8. The monoisotopic (exact) mass is 376 g/mol. The van der Waals surface area contributed by atoms with Crippen LogP contribution in [-0.2, 0) is 0 Å². The average Bonchev–Trinajstić information content (AvgIpc) is 2.56. The summed E-state index contributed by atoms with van der Waals surface area (Å²) < 4.78 is 0.659. The van der Waals surface area contributed by atoms with Gasteiger partial charge in [0.1, 0.15) is 12.0 Å². The SMILES string of the molecule is O=[N+]([O-])c1cnc(N2CCCC(Nc3ccccc3)C2)c(Br)c1. The first kappa shape index (κ1) is 15.7. The van der Waals surface area contributed by atoms with E-state index in [1.54, 1.807) is 0 Å². The molecule has 2 aromatic rings. The number of nitrogens with zero attached hydrogens (tertiary/aromatic N) is 3. The van der Waals surface area contributed by atoms with Gasteiger partial charge in [0.2, 0.25) is 0 Å². The van der Waals surface area contributed by atoms with Crippen molar-refractivity contribution < 1.29 is 4.92 Å². The van der Waals surface area contributed by atoms with Crippen LogP contribution in [0, 0.1) is 10.1 Å². The number of para-hydroxylation sites is 1. The van der Waals surface area contributed by atoms with Gasteiger partial charge in [0.05, 0.1) is 9.40 Å². The summed E-state index contributed by atoms with van der Waals surface area (Å²) in [4.78, 5) is 16.8. The first-order valence-electron chi connectivity index (χ1n) is 7.50. The lowest BCUT2D eigenvalue weighted by molar-refractivity contribution is -0.385. The Balaban J connectivity index is 1.72. The molecule has 0 amide bonds. The topological polar surface area (TPSA) is 71.3 Å². The Hall–Kier alpha value is -2.15. The van der Waals surface area contributed by atoms with Crippen molar-refractivity contribution in [2.45, 2.75) is 18.9 Å². The number of hydrogen-bond acceptors (Lipinski definition) is 5. The predicted octanol–water partition coefficient (Wildman–Crippen LogP) is 3.83. The van der Waals surface area contributed by atoms with Crippen LogP contribution in [0.5, 0.6) is 0 Å². The second-order valence-electron chi connectivity index (χ2n) is 5.55. The normalized spacial score (nSPS) is 17.8. The molecule has 1 aromatic carbocycles. The zero-order valence-corrected chi connectivity index (χ0v) is 14.1. The summed E-state index contributed by atoms with van der Waals surface area (Å²) in [6.07, 6.45) is 3.46. The number of piperidine rings is 1. The molecule has 2 heterocycles. The van der Waals surface area contributed by atoms with Gasteiger partial charge in [0.25, 0.3) is 5.69 Å². The minimum atomic E-state index is -0.433. The van der Waals surface area contributed by atoms with E-state index in [4.69, 9.17) is 0 Å². The molecule has 23 heavy (non-hydrogen) atoms. The zero-order valence-electron chi connectivity index (χ0n) is 12.5. The van der Waals surface area contributed by atoms with E-state index < -0.39 is 4.92 Å². The maximum Gasteiger partial charge on any atom is 0.288 e. The van der Waals surface area contributed by atoms with Gasteiger partial charge in [-0.1, -0.05) is 18.2 Å². The highest BCUT2D eigenvalue weighted by Gasteiger charge is 2.23. The van der Waals surface area contributed by atoms with Crippen molar-refractivity contribution in [1.29, 1.82) is 0 Å². The molecule has 1 saturated heterocycles. The lowest BCUT2D eigenvalue weighted by atomic mass is 10.1. The van der Waals surface area contributed by atoms with Gasteiger partial charge < -0.3 is 10.2 Å². The van der Waals surface area contributed by atoms with Crippen LogP contribution in [-0.4, -0.2) is 29.0 Å². The van der Waals surface area contributed by atoms with E-state index in [0.29, 0.717) is 10.5 Å². The molecule has 1 unspecified atom stereocenters. The number of pyridine rings is 1. The van der Waals surface area contributed by atoms with Crippen molar-refractivity contribution in [3.8, 4) is 0 Å². The number of benzene rings is 1. The third-order valence-electron chi connectivity index (χ3n) is 3.88. The third kappa shape index (κ3) is 3.79. The molecule has 0 radical (unpaired) electrons. The molecule has 1 aliphatic rings. The maximum absolute atomic E-state index is 10.8. The first-order chi connectivity index (χ1) is 11.1. The Bertz CT molecular complexity index is 696. The molecule has 0 spiro atoms. The standard InChI is InChI=1S/C16H17BrN4O2/c17-15-9-14(21(22)23)10-18-16(15)20-8-4-7-13(11-20)19-12-5-2-1-3-6-12/h1-3,5-6,9-10,13,19H,4,7-8,11H2. The number of nitro groups is 1. The molecule has 7 heteroatoms. The Morgan fingerprint density at radius 2 is 2.13 bits per heavy atom. The summed E-state index contributed by atoms with van der Waals surface area (Å²) in [5, 5.41) is 14.4. The summed E-state index contributed by atoms with van der Waals surface area (Å²) in [5.74, 6) is 0.759. The lowest BCUT2D eigenvalue weighted by Crippen LogP contribution is -2.42. The summed E-state index contributed by atoms with van der Waals surface area (Å²) >= 11 is 3.41. The molecule has 1 N–H and O–H groups in total. The molecule has 120 valence electrons. The van der Waals surface area contributed by atoms with Crippen LogP contribution in [0.4, 0.5) is 17.2 Å². The van der Waals surface area contributed by atoms with Crippen molar-refractivity contribution >= 4 is 33.1 Å². The highest BCUT2D eigenvalue weighted by Crippen LogP contribution is 2.30. The molecule has 1 fully saturated rings.